The van der Waals surface area contributed by atoms with Crippen molar-refractivity contribution in [1.29, 1.82) is 0 Å². The predicted octanol–water partition coefficient (Wildman–Crippen LogP) is 16.3. The summed E-state index contributed by atoms with van der Waals surface area (Å²) in [5.74, 6) is 1.91. The second kappa shape index (κ2) is 15.6. The van der Waals surface area contributed by atoms with Crippen LogP contribution in [0.25, 0.3) is 133 Å². The van der Waals surface area contributed by atoms with Crippen LogP contribution in [0, 0.1) is 0 Å². The minimum Gasteiger partial charge on any atom is -0.455 e. The van der Waals surface area contributed by atoms with Crippen LogP contribution in [0.2, 0.25) is 0 Å². The average molecular weight is 882 g/mol. The van der Waals surface area contributed by atoms with Gasteiger partial charge in [-0.05, 0) is 89.5 Å². The molecule has 0 amide bonds. The Balaban J connectivity index is 0.847. The number of fused-ring (bicyclic) bond motifs is 9. The van der Waals surface area contributed by atoms with Gasteiger partial charge in [0.05, 0.1) is 22.1 Å². The fraction of sp³-hybridized carbons (Fsp3) is 0. The molecule has 0 radical (unpaired) electrons. The first-order chi connectivity index (χ1) is 34.2. The molecule has 0 N–H and O–H groups in total. The molecule has 322 valence electrons. The van der Waals surface area contributed by atoms with Crippen molar-refractivity contribution in [2.75, 3.05) is 0 Å². The molecule has 0 aliphatic heterocycles. The van der Waals surface area contributed by atoms with E-state index in [4.69, 9.17) is 19.4 Å². The topological polar surface area (TPSA) is 61.7 Å². The molecule has 6 nitrogen and oxygen atoms in total. The SMILES string of the molecule is c1ccc(-c2nc(-c3ccccc3)nc(-c3ccc(-n4c5ccccc5c5ccc(-c6ccc7c(c6)c6ccccc6n7-c6ccc(-c7cccc8c7oc7ccccc78)cc6)cc54)cc3)n2)cc1. The maximum atomic E-state index is 6.41. The molecular formula is C63H39N5O. The molecule has 0 spiro atoms. The van der Waals surface area contributed by atoms with Gasteiger partial charge in [-0.3, -0.25) is 0 Å². The van der Waals surface area contributed by atoms with Gasteiger partial charge in [0.1, 0.15) is 11.2 Å². The number of rotatable bonds is 7. The predicted molar refractivity (Wildman–Crippen MR) is 283 cm³/mol. The summed E-state index contributed by atoms with van der Waals surface area (Å²) in [5.41, 5.74) is 15.9. The van der Waals surface area contributed by atoms with Gasteiger partial charge >= 0.3 is 0 Å². The number of hydrogen-bond donors (Lipinski definition) is 0. The van der Waals surface area contributed by atoms with Crippen molar-refractivity contribution in [2.24, 2.45) is 0 Å². The molecule has 0 aliphatic carbocycles. The normalized spacial score (nSPS) is 11.8. The zero-order chi connectivity index (χ0) is 45.4. The summed E-state index contributed by atoms with van der Waals surface area (Å²) in [5, 5.41) is 7.10. The Hall–Kier alpha value is -9.39. The molecule has 0 saturated carbocycles. The van der Waals surface area contributed by atoms with E-state index in [-0.39, 0.29) is 0 Å². The number of aromatic nitrogens is 5. The first-order valence-corrected chi connectivity index (χ1v) is 23.3. The van der Waals surface area contributed by atoms with E-state index >= 15 is 0 Å². The number of nitrogens with zero attached hydrogens (tertiary/aromatic N) is 5. The fourth-order valence-electron chi connectivity index (χ4n) is 10.3. The van der Waals surface area contributed by atoms with Crippen LogP contribution in [0.15, 0.2) is 241 Å². The minimum atomic E-state index is 0.629. The number of benzene rings is 10. The van der Waals surface area contributed by atoms with E-state index in [9.17, 15) is 0 Å². The van der Waals surface area contributed by atoms with Crippen molar-refractivity contribution < 1.29 is 4.42 Å². The highest BCUT2D eigenvalue weighted by Gasteiger charge is 2.19. The van der Waals surface area contributed by atoms with Crippen molar-refractivity contribution in [3.8, 4) is 67.8 Å². The Morgan fingerprint density at radius 3 is 1.38 bits per heavy atom. The molecule has 0 unspecified atom stereocenters. The van der Waals surface area contributed by atoms with Crippen LogP contribution in [0.4, 0.5) is 0 Å². The largest absolute Gasteiger partial charge is 0.455 e. The third kappa shape index (κ3) is 6.38. The smallest absolute Gasteiger partial charge is 0.164 e. The average Bonchev–Trinajstić information content (AvgIpc) is 4.09. The number of hydrogen-bond acceptors (Lipinski definition) is 4. The van der Waals surface area contributed by atoms with Gasteiger partial charge in [-0.25, -0.2) is 15.0 Å². The lowest BCUT2D eigenvalue weighted by molar-refractivity contribution is 0.670. The van der Waals surface area contributed by atoms with Gasteiger partial charge < -0.3 is 13.6 Å². The molecule has 0 saturated heterocycles. The molecule has 14 rings (SSSR count). The Labute approximate surface area is 396 Å². The van der Waals surface area contributed by atoms with Gasteiger partial charge in [0, 0.05) is 65.9 Å². The summed E-state index contributed by atoms with van der Waals surface area (Å²) in [7, 11) is 0. The van der Waals surface area contributed by atoms with Gasteiger partial charge in [-0.2, -0.15) is 0 Å². The summed E-state index contributed by atoms with van der Waals surface area (Å²) in [6.07, 6.45) is 0. The molecule has 0 fully saturated rings. The van der Waals surface area contributed by atoms with Crippen LogP contribution in [-0.2, 0) is 0 Å². The van der Waals surface area contributed by atoms with Crippen molar-refractivity contribution >= 4 is 65.6 Å². The Morgan fingerprint density at radius 1 is 0.275 bits per heavy atom. The third-order valence-electron chi connectivity index (χ3n) is 13.6. The van der Waals surface area contributed by atoms with Crippen LogP contribution < -0.4 is 0 Å². The second-order valence-electron chi connectivity index (χ2n) is 17.6. The van der Waals surface area contributed by atoms with E-state index in [0.29, 0.717) is 17.5 Å². The van der Waals surface area contributed by atoms with E-state index in [1.165, 1.54) is 27.1 Å². The molecule has 0 bridgehead atoms. The summed E-state index contributed by atoms with van der Waals surface area (Å²) < 4.78 is 11.2. The first-order valence-electron chi connectivity index (χ1n) is 23.3. The highest BCUT2D eigenvalue weighted by atomic mass is 16.3. The standard InChI is InChI=1S/C63H39N5O/c1-3-14-41(15-4-1)61-64-62(42-16-5-2-6-17-42)66-63(65-61)43-28-34-47(35-29-43)68-55-23-10-7-18-49(55)51-36-30-45(39-58(51)68)44-31-37-57-54(38-44)50-19-8-11-24-56(50)67(57)46-32-26-40(27-33-46)48-21-13-22-53-52-20-9-12-25-59(52)69-60(48)53/h1-39H. The van der Waals surface area contributed by atoms with Gasteiger partial charge in [0.25, 0.3) is 0 Å². The van der Waals surface area contributed by atoms with Gasteiger partial charge in [0.2, 0.25) is 0 Å². The Kier molecular flexibility index (Phi) is 8.79. The quantitative estimate of drug-likeness (QED) is 0.160. The van der Waals surface area contributed by atoms with Crippen molar-refractivity contribution in [2.45, 2.75) is 0 Å². The molecule has 0 atom stereocenters. The van der Waals surface area contributed by atoms with Gasteiger partial charge in [-0.15, -0.1) is 0 Å². The third-order valence-corrected chi connectivity index (χ3v) is 13.6. The lowest BCUT2D eigenvalue weighted by atomic mass is 10.0. The number of para-hydroxylation sites is 4. The fourth-order valence-corrected chi connectivity index (χ4v) is 10.3. The zero-order valence-corrected chi connectivity index (χ0v) is 37.2. The van der Waals surface area contributed by atoms with E-state index < -0.39 is 0 Å². The van der Waals surface area contributed by atoms with Crippen LogP contribution in [0.3, 0.4) is 0 Å². The summed E-state index contributed by atoms with van der Waals surface area (Å²) in [6.45, 7) is 0. The summed E-state index contributed by atoms with van der Waals surface area (Å²) in [4.78, 5) is 14.9. The Bertz CT molecular complexity index is 4220. The molecule has 0 aliphatic rings. The van der Waals surface area contributed by atoms with Crippen LogP contribution in [0.5, 0.6) is 0 Å². The van der Waals surface area contributed by atoms with Crippen LogP contribution in [0.1, 0.15) is 0 Å². The zero-order valence-electron chi connectivity index (χ0n) is 37.2. The van der Waals surface area contributed by atoms with Gasteiger partial charge in [-0.1, -0.05) is 164 Å². The van der Waals surface area contributed by atoms with Crippen molar-refractivity contribution in [1.82, 2.24) is 24.1 Å². The van der Waals surface area contributed by atoms with E-state index in [1.807, 2.05) is 72.8 Å². The molecule has 69 heavy (non-hydrogen) atoms. The van der Waals surface area contributed by atoms with Crippen molar-refractivity contribution in [3.63, 3.8) is 0 Å². The number of furan rings is 1. The maximum absolute atomic E-state index is 6.41. The van der Waals surface area contributed by atoms with Crippen LogP contribution >= 0.6 is 0 Å². The van der Waals surface area contributed by atoms with Gasteiger partial charge in [0.15, 0.2) is 17.5 Å². The minimum absolute atomic E-state index is 0.629. The van der Waals surface area contributed by atoms with Crippen molar-refractivity contribution in [3.05, 3.63) is 237 Å². The summed E-state index contributed by atoms with van der Waals surface area (Å²) >= 11 is 0. The lowest BCUT2D eigenvalue weighted by Crippen LogP contribution is -2.00. The Morgan fingerprint density at radius 2 is 0.725 bits per heavy atom. The summed E-state index contributed by atoms with van der Waals surface area (Å²) in [6, 6.07) is 83.5. The molecule has 6 heteroatoms. The van der Waals surface area contributed by atoms with E-state index in [2.05, 4.69) is 173 Å². The van der Waals surface area contributed by atoms with E-state index in [0.717, 1.165) is 88.8 Å². The maximum Gasteiger partial charge on any atom is 0.164 e. The molecule has 14 aromatic rings. The molecule has 10 aromatic carbocycles. The molecular weight excluding hydrogens is 843 g/mol. The molecule has 4 heterocycles. The highest BCUT2D eigenvalue weighted by Crippen LogP contribution is 2.40. The molecule has 4 aromatic heterocycles. The second-order valence-corrected chi connectivity index (χ2v) is 17.6. The monoisotopic (exact) mass is 881 g/mol. The van der Waals surface area contributed by atoms with E-state index in [1.54, 1.807) is 0 Å². The first kappa shape index (κ1) is 38.8. The lowest BCUT2D eigenvalue weighted by Gasteiger charge is -2.12. The highest BCUT2D eigenvalue weighted by molar-refractivity contribution is 6.13. The van der Waals surface area contributed by atoms with Crippen LogP contribution in [-0.4, -0.2) is 24.1 Å².